The Balaban J connectivity index is 1.21. The molecule has 6 unspecified atom stereocenters. The van der Waals surface area contributed by atoms with Gasteiger partial charge in [0.2, 0.25) is 11.8 Å². The molecule has 0 bridgehead atoms. The zero-order valence-corrected chi connectivity index (χ0v) is 29.5. The molecule has 4 amide bonds. The molecule has 3 heterocycles. The van der Waals surface area contributed by atoms with Crippen LogP contribution in [0.5, 0.6) is 11.5 Å². The topological polar surface area (TPSA) is 116 Å². The van der Waals surface area contributed by atoms with Gasteiger partial charge >= 0.3 is 0 Å². The van der Waals surface area contributed by atoms with Crippen LogP contribution in [-0.2, 0) is 37.4 Å². The number of phenolic OH excluding ortho intramolecular Hbond substituents is 1. The summed E-state index contributed by atoms with van der Waals surface area (Å²) < 4.78 is 6.21. The summed E-state index contributed by atoms with van der Waals surface area (Å²) in [6.07, 6.45) is 5.46. The quantitative estimate of drug-likeness (QED) is 0.167. The van der Waals surface area contributed by atoms with Crippen LogP contribution in [0.2, 0.25) is 0 Å². The number of hydrogen-bond acceptors (Lipinski definition) is 7. The predicted molar refractivity (Wildman–Crippen MR) is 198 cm³/mol. The summed E-state index contributed by atoms with van der Waals surface area (Å²) in [7, 11) is 0. The number of benzene rings is 4. The average Bonchev–Trinajstić information content (AvgIpc) is 3.56. The van der Waals surface area contributed by atoms with Gasteiger partial charge in [0.05, 0.1) is 40.8 Å². The summed E-state index contributed by atoms with van der Waals surface area (Å²) in [4.78, 5) is 60.3. The summed E-state index contributed by atoms with van der Waals surface area (Å²) in [5, 5.41) is 11.6. The Bertz CT molecular complexity index is 2240. The molecule has 3 fully saturated rings. The number of ether oxygens (including phenoxy) is 1. The van der Waals surface area contributed by atoms with Crippen molar-refractivity contribution in [1.29, 1.82) is 0 Å². The molecule has 6 atom stereocenters. The monoisotopic (exact) mass is 705 g/mol. The number of aryl methyl sites for hydroxylation is 2. The second kappa shape index (κ2) is 12.3. The lowest BCUT2D eigenvalue weighted by molar-refractivity contribution is -0.139. The minimum absolute atomic E-state index is 0.0909. The molecule has 2 saturated heterocycles. The molecule has 0 spiro atoms. The number of anilines is 2. The highest BCUT2D eigenvalue weighted by Crippen LogP contribution is 2.63. The fraction of sp³-hybridized carbons (Fsp3) is 0.273. The number of fused-ring (bicyclic) bond motifs is 5. The van der Waals surface area contributed by atoms with Crippen molar-refractivity contribution in [2.24, 2.45) is 29.6 Å². The van der Waals surface area contributed by atoms with Crippen LogP contribution < -0.4 is 15.1 Å². The first kappa shape index (κ1) is 32.9. The Morgan fingerprint density at radius 3 is 2.36 bits per heavy atom. The van der Waals surface area contributed by atoms with E-state index in [-0.39, 0.29) is 35.8 Å². The highest BCUT2D eigenvalue weighted by molar-refractivity contribution is 6.22. The molecule has 266 valence electrons. The van der Waals surface area contributed by atoms with E-state index in [4.69, 9.17) is 4.74 Å². The molecule has 2 aliphatic carbocycles. The maximum atomic E-state index is 15.4. The molecule has 9 rings (SSSR count). The van der Waals surface area contributed by atoms with E-state index < -0.39 is 35.0 Å². The lowest BCUT2D eigenvalue weighted by Crippen LogP contribution is -2.55. The van der Waals surface area contributed by atoms with Gasteiger partial charge in [-0.05, 0) is 91.3 Å². The maximum Gasteiger partial charge on any atom is 0.260 e. The Kier molecular flexibility index (Phi) is 7.66. The van der Waals surface area contributed by atoms with E-state index in [9.17, 15) is 19.5 Å². The molecule has 3 aliphatic heterocycles. The maximum absolute atomic E-state index is 15.4. The van der Waals surface area contributed by atoms with Crippen molar-refractivity contribution in [3.05, 3.63) is 143 Å². The second-order valence-corrected chi connectivity index (χ2v) is 14.9. The molecule has 1 saturated carbocycles. The van der Waals surface area contributed by atoms with E-state index in [1.807, 2.05) is 85.8 Å². The van der Waals surface area contributed by atoms with Gasteiger partial charge in [-0.25, -0.2) is 0 Å². The van der Waals surface area contributed by atoms with Crippen molar-refractivity contribution >= 4 is 35.0 Å². The molecule has 0 aromatic heterocycles. The number of amides is 4. The van der Waals surface area contributed by atoms with Crippen molar-refractivity contribution in [2.75, 3.05) is 10.3 Å². The summed E-state index contributed by atoms with van der Waals surface area (Å²) in [6.45, 7) is 4.02. The third-order valence-corrected chi connectivity index (χ3v) is 12.1. The minimum atomic E-state index is -1.39. The van der Waals surface area contributed by atoms with Gasteiger partial charge in [-0.15, -0.1) is 0 Å². The fourth-order valence-electron chi connectivity index (χ4n) is 9.70. The molecule has 4 aromatic carbocycles. The molecular weight excluding hydrogens is 666 g/mol. The first-order chi connectivity index (χ1) is 25.7. The molecule has 53 heavy (non-hydrogen) atoms. The number of nitrogens with one attached hydrogen (secondary N) is 1. The summed E-state index contributed by atoms with van der Waals surface area (Å²) in [5.41, 5.74) is 8.10. The number of rotatable bonds is 6. The van der Waals surface area contributed by atoms with E-state index in [1.165, 1.54) is 4.90 Å². The molecule has 5 aliphatic rings. The molecular formula is C44H39N3O6. The van der Waals surface area contributed by atoms with Gasteiger partial charge in [-0.3, -0.25) is 29.5 Å². The van der Waals surface area contributed by atoms with Crippen molar-refractivity contribution in [3.8, 4) is 11.5 Å². The first-order valence-electron chi connectivity index (χ1n) is 18.3. The van der Waals surface area contributed by atoms with Gasteiger partial charge in [-0.1, -0.05) is 78.7 Å². The number of phenols is 1. The third-order valence-electron chi connectivity index (χ3n) is 12.1. The van der Waals surface area contributed by atoms with Crippen molar-refractivity contribution < 1.29 is 29.0 Å². The summed E-state index contributed by atoms with van der Waals surface area (Å²) >= 11 is 0. The number of imide groups is 2. The van der Waals surface area contributed by atoms with Gasteiger partial charge in [0.25, 0.3) is 11.8 Å². The predicted octanol–water partition coefficient (Wildman–Crippen LogP) is 6.80. The first-order valence-corrected chi connectivity index (χ1v) is 18.3. The number of carbonyl (C=O) groups is 4. The van der Waals surface area contributed by atoms with Crippen LogP contribution in [0, 0.1) is 36.5 Å². The molecule has 9 nitrogen and oxygen atoms in total. The number of nitrogens with zero attached hydrogens (tertiary/aromatic N) is 2. The highest BCUT2D eigenvalue weighted by atomic mass is 16.5. The minimum Gasteiger partial charge on any atom is -0.508 e. The Morgan fingerprint density at radius 1 is 0.868 bits per heavy atom. The Hall–Kier alpha value is -5.96. The lowest BCUT2D eigenvalue weighted by atomic mass is 9.48. The molecule has 9 heteroatoms. The van der Waals surface area contributed by atoms with E-state index in [0.717, 1.165) is 39.3 Å². The molecule has 0 radical (unpaired) electrons. The smallest absolute Gasteiger partial charge is 0.260 e. The number of aromatic hydroxyl groups is 1. The second-order valence-electron chi connectivity index (χ2n) is 14.9. The van der Waals surface area contributed by atoms with Gasteiger partial charge in [0.1, 0.15) is 11.5 Å². The SMILES string of the molecule is CCc1ccc(N2C(=O)C3CC=C4C(CC5C(=O)N(Nc6ccc(C)cc6)C(=O)C5(c5ccccc5)C4C4=COc5ccc(O)cc5C4)C3C2=O)cc1. The lowest BCUT2D eigenvalue weighted by Gasteiger charge is -2.51. The van der Waals surface area contributed by atoms with E-state index in [2.05, 4.69) is 18.4 Å². The largest absolute Gasteiger partial charge is 0.508 e. The zero-order valence-electron chi connectivity index (χ0n) is 29.5. The zero-order chi connectivity index (χ0) is 36.6. The number of hydrazine groups is 1. The highest BCUT2D eigenvalue weighted by Gasteiger charge is 2.70. The van der Waals surface area contributed by atoms with Crippen LogP contribution in [0.3, 0.4) is 0 Å². The molecule has 4 aromatic rings. The normalized spacial score (nSPS) is 27.3. The van der Waals surface area contributed by atoms with Crippen LogP contribution in [-0.4, -0.2) is 33.7 Å². The Labute approximate surface area is 307 Å². The summed E-state index contributed by atoms with van der Waals surface area (Å²) in [5.74, 6) is -3.93. The van der Waals surface area contributed by atoms with Crippen LogP contribution in [0.25, 0.3) is 0 Å². The van der Waals surface area contributed by atoms with Crippen LogP contribution >= 0.6 is 0 Å². The van der Waals surface area contributed by atoms with E-state index >= 15 is 4.79 Å². The Morgan fingerprint density at radius 2 is 1.62 bits per heavy atom. The van der Waals surface area contributed by atoms with Crippen molar-refractivity contribution in [2.45, 2.75) is 44.9 Å². The molecule has 2 N–H and O–H groups in total. The van der Waals surface area contributed by atoms with E-state index in [0.29, 0.717) is 35.5 Å². The van der Waals surface area contributed by atoms with Gasteiger partial charge in [0.15, 0.2) is 0 Å². The average molecular weight is 706 g/mol. The number of allylic oxidation sites excluding steroid dienone is 3. The van der Waals surface area contributed by atoms with Gasteiger partial charge in [-0.2, -0.15) is 5.01 Å². The van der Waals surface area contributed by atoms with Gasteiger partial charge in [0, 0.05) is 17.9 Å². The number of hydrogen-bond donors (Lipinski definition) is 2. The third kappa shape index (κ3) is 4.90. The van der Waals surface area contributed by atoms with E-state index in [1.54, 1.807) is 24.5 Å². The standard InChI is InChI=1S/C44H39N3O6/c1-3-26-11-15-31(16-12-26)46-40(49)34-19-18-33-35(38(34)42(46)51)23-36-41(50)47(45-30-13-9-25(2)10-14-30)43(52)44(36,29-7-5-4-6-8-29)39(33)28-21-27-22-32(48)17-20-37(27)53-24-28/h4-18,20,22,24,34-36,38-39,45,48H,3,19,21,23H2,1-2H3. The number of carbonyl (C=O) groups excluding carboxylic acids is 4. The van der Waals surface area contributed by atoms with Crippen LogP contribution in [0.4, 0.5) is 11.4 Å². The van der Waals surface area contributed by atoms with Gasteiger partial charge < -0.3 is 9.84 Å². The van der Waals surface area contributed by atoms with Crippen LogP contribution in [0.1, 0.15) is 42.0 Å². The fourth-order valence-corrected chi connectivity index (χ4v) is 9.70. The van der Waals surface area contributed by atoms with Crippen molar-refractivity contribution in [3.63, 3.8) is 0 Å². The summed E-state index contributed by atoms with van der Waals surface area (Å²) in [6, 6.07) is 29.4. The van der Waals surface area contributed by atoms with Crippen molar-refractivity contribution in [1.82, 2.24) is 5.01 Å². The van der Waals surface area contributed by atoms with Crippen LogP contribution in [0.15, 0.2) is 121 Å².